The fourth-order valence-corrected chi connectivity index (χ4v) is 8.88. The van der Waals surface area contributed by atoms with Gasteiger partial charge in [-0.1, -0.05) is 12.1 Å². The summed E-state index contributed by atoms with van der Waals surface area (Å²) >= 11 is 0. The second kappa shape index (κ2) is 7.57. The number of sulfone groups is 2. The number of hydrogen-bond acceptors (Lipinski definition) is 6. The van der Waals surface area contributed by atoms with Gasteiger partial charge in [-0.25, -0.2) is 16.8 Å². The lowest BCUT2D eigenvalue weighted by atomic mass is 9.92. The summed E-state index contributed by atoms with van der Waals surface area (Å²) in [6.45, 7) is 0.331. The first-order chi connectivity index (χ1) is 13.4. The average Bonchev–Trinajstić information content (AvgIpc) is 3.02. The van der Waals surface area contributed by atoms with E-state index in [2.05, 4.69) is 10.3 Å². The molecule has 1 N–H and O–H groups in total. The molecule has 0 spiro atoms. The summed E-state index contributed by atoms with van der Waals surface area (Å²) in [7, 11) is -7.18. The van der Waals surface area contributed by atoms with Crippen LogP contribution in [0.3, 0.4) is 0 Å². The first kappa shape index (κ1) is 19.5. The van der Waals surface area contributed by atoms with Gasteiger partial charge in [0.2, 0.25) is 0 Å². The Labute approximate surface area is 166 Å². The maximum atomic E-state index is 13.3. The molecule has 1 aromatic carbocycles. The molecular weight excluding hydrogens is 396 g/mol. The van der Waals surface area contributed by atoms with E-state index in [0.29, 0.717) is 6.54 Å². The molecule has 1 aliphatic heterocycles. The molecule has 2 aliphatic rings. The highest BCUT2D eigenvalue weighted by Crippen LogP contribution is 2.29. The third-order valence-corrected chi connectivity index (χ3v) is 9.77. The van der Waals surface area contributed by atoms with Gasteiger partial charge in [0.1, 0.15) is 0 Å². The maximum absolute atomic E-state index is 13.3. The van der Waals surface area contributed by atoms with Crippen molar-refractivity contribution in [3.8, 4) is 0 Å². The van der Waals surface area contributed by atoms with E-state index in [9.17, 15) is 16.8 Å². The van der Waals surface area contributed by atoms with E-state index >= 15 is 0 Å². The quantitative estimate of drug-likeness (QED) is 0.791. The summed E-state index contributed by atoms with van der Waals surface area (Å²) < 4.78 is 51.1. The molecule has 1 aromatic heterocycles. The molecule has 4 rings (SSSR count). The van der Waals surface area contributed by atoms with Gasteiger partial charge in [-0.3, -0.25) is 4.98 Å². The summed E-state index contributed by atoms with van der Waals surface area (Å²) in [6.07, 6.45) is 5.69. The van der Waals surface area contributed by atoms with E-state index in [0.717, 1.165) is 36.9 Å². The Hall–Kier alpha value is -1.77. The van der Waals surface area contributed by atoms with Crippen LogP contribution in [0.4, 0.5) is 0 Å². The van der Waals surface area contributed by atoms with Gasteiger partial charge < -0.3 is 5.32 Å². The molecule has 0 bridgehead atoms. The molecule has 1 aliphatic carbocycles. The van der Waals surface area contributed by atoms with Gasteiger partial charge in [-0.15, -0.1) is 0 Å². The minimum Gasteiger partial charge on any atom is -0.306 e. The van der Waals surface area contributed by atoms with Crippen LogP contribution in [0, 0.1) is 0 Å². The fourth-order valence-electron chi connectivity index (χ4n) is 4.11. The number of pyridine rings is 1. The summed E-state index contributed by atoms with van der Waals surface area (Å²) in [4.78, 5) is 4.44. The number of fused-ring (bicyclic) bond motifs is 1. The van der Waals surface area contributed by atoms with Crippen molar-refractivity contribution in [3.05, 3.63) is 59.4 Å². The van der Waals surface area contributed by atoms with Crippen LogP contribution < -0.4 is 5.32 Å². The van der Waals surface area contributed by atoms with Crippen molar-refractivity contribution in [2.45, 2.75) is 48.4 Å². The standard InChI is InChI=1S/C20H24N2O4S2/c23-27(24)13-19(22-12-17-7-3-4-10-21-17)20(14-27)28(25,26)18-9-8-15-5-1-2-6-16(15)11-18/h3-4,7-11,19-20,22H,1-2,5-6,12-14H2/t19-,20-/m0/s1. The SMILES string of the molecule is O=S1(=O)C[C@H](NCc2ccccn2)[C@@H](S(=O)(=O)c2ccc3c(c2)CCCC3)C1. The second-order valence-electron chi connectivity index (χ2n) is 7.61. The van der Waals surface area contributed by atoms with Crippen LogP contribution in [0.15, 0.2) is 47.5 Å². The molecule has 2 atom stereocenters. The third-order valence-electron chi connectivity index (χ3n) is 5.62. The molecule has 1 fully saturated rings. The summed E-state index contributed by atoms with van der Waals surface area (Å²) in [5, 5.41) is 2.14. The highest BCUT2D eigenvalue weighted by atomic mass is 32.2. The van der Waals surface area contributed by atoms with E-state index in [-0.39, 0.29) is 16.4 Å². The lowest BCUT2D eigenvalue weighted by molar-refractivity contribution is 0.522. The summed E-state index contributed by atoms with van der Waals surface area (Å²) in [5.74, 6) is -0.513. The van der Waals surface area contributed by atoms with E-state index in [4.69, 9.17) is 0 Å². The van der Waals surface area contributed by atoms with Gasteiger partial charge in [0.25, 0.3) is 0 Å². The Kier molecular flexibility index (Phi) is 5.28. The topological polar surface area (TPSA) is 93.2 Å². The molecule has 0 amide bonds. The predicted molar refractivity (Wildman–Crippen MR) is 108 cm³/mol. The number of nitrogens with one attached hydrogen (secondary N) is 1. The van der Waals surface area contributed by atoms with Crippen LogP contribution in [0.1, 0.15) is 29.7 Å². The normalized spacial score (nSPS) is 24.0. The van der Waals surface area contributed by atoms with Crippen molar-refractivity contribution < 1.29 is 16.8 Å². The molecule has 28 heavy (non-hydrogen) atoms. The van der Waals surface area contributed by atoms with Gasteiger partial charge in [0.15, 0.2) is 19.7 Å². The smallest absolute Gasteiger partial charge is 0.183 e. The molecular formula is C20H24N2O4S2. The number of aryl methyl sites for hydroxylation is 2. The number of nitrogens with zero attached hydrogens (tertiary/aromatic N) is 1. The zero-order valence-corrected chi connectivity index (χ0v) is 17.2. The average molecular weight is 421 g/mol. The van der Waals surface area contributed by atoms with Crippen LogP contribution in [0.5, 0.6) is 0 Å². The molecule has 0 unspecified atom stereocenters. The summed E-state index contributed by atoms with van der Waals surface area (Å²) in [6, 6.07) is 10.1. The first-order valence-electron chi connectivity index (χ1n) is 9.55. The monoisotopic (exact) mass is 420 g/mol. The largest absolute Gasteiger partial charge is 0.306 e. The zero-order chi connectivity index (χ0) is 19.8. The van der Waals surface area contributed by atoms with Crippen LogP contribution in [0.2, 0.25) is 0 Å². The first-order valence-corrected chi connectivity index (χ1v) is 12.9. The molecule has 150 valence electrons. The van der Waals surface area contributed by atoms with Gasteiger partial charge in [0, 0.05) is 18.8 Å². The van der Waals surface area contributed by atoms with Gasteiger partial charge >= 0.3 is 0 Å². The van der Waals surface area contributed by atoms with E-state index in [1.807, 2.05) is 18.2 Å². The van der Waals surface area contributed by atoms with Crippen molar-refractivity contribution in [2.75, 3.05) is 11.5 Å². The van der Waals surface area contributed by atoms with Crippen molar-refractivity contribution in [3.63, 3.8) is 0 Å². The third kappa shape index (κ3) is 3.99. The Morgan fingerprint density at radius 2 is 1.82 bits per heavy atom. The Morgan fingerprint density at radius 1 is 1.04 bits per heavy atom. The lowest BCUT2D eigenvalue weighted by Gasteiger charge is -2.22. The molecule has 2 heterocycles. The van der Waals surface area contributed by atoms with Crippen molar-refractivity contribution in [2.24, 2.45) is 0 Å². The minimum absolute atomic E-state index is 0.172. The molecule has 1 saturated heterocycles. The predicted octanol–water partition coefficient (Wildman–Crippen LogP) is 1.69. The van der Waals surface area contributed by atoms with Gasteiger partial charge in [-0.05, 0) is 61.1 Å². The Bertz CT molecular complexity index is 1070. The molecule has 6 nitrogen and oxygen atoms in total. The molecule has 2 aromatic rings. The van der Waals surface area contributed by atoms with E-state index < -0.39 is 31.0 Å². The fraction of sp³-hybridized carbons (Fsp3) is 0.450. The van der Waals surface area contributed by atoms with Crippen molar-refractivity contribution in [1.29, 1.82) is 0 Å². The highest BCUT2D eigenvalue weighted by Gasteiger charge is 2.45. The number of benzene rings is 1. The molecule has 0 saturated carbocycles. The zero-order valence-electron chi connectivity index (χ0n) is 15.5. The van der Waals surface area contributed by atoms with Crippen molar-refractivity contribution >= 4 is 19.7 Å². The molecule has 0 radical (unpaired) electrons. The Balaban J connectivity index is 1.60. The van der Waals surface area contributed by atoms with E-state index in [1.54, 1.807) is 24.4 Å². The molecule has 8 heteroatoms. The highest BCUT2D eigenvalue weighted by molar-refractivity contribution is 7.96. The maximum Gasteiger partial charge on any atom is 0.183 e. The van der Waals surface area contributed by atoms with Crippen LogP contribution in [0.25, 0.3) is 0 Å². The van der Waals surface area contributed by atoms with Gasteiger partial charge in [-0.2, -0.15) is 0 Å². The van der Waals surface area contributed by atoms with Crippen molar-refractivity contribution in [1.82, 2.24) is 10.3 Å². The Morgan fingerprint density at radius 3 is 2.57 bits per heavy atom. The number of rotatable bonds is 5. The summed E-state index contributed by atoms with van der Waals surface area (Å²) in [5.41, 5.74) is 3.02. The van der Waals surface area contributed by atoms with Crippen LogP contribution in [-0.2, 0) is 39.1 Å². The van der Waals surface area contributed by atoms with Crippen LogP contribution >= 0.6 is 0 Å². The second-order valence-corrected chi connectivity index (χ2v) is 11.9. The van der Waals surface area contributed by atoms with Crippen LogP contribution in [-0.4, -0.2) is 44.6 Å². The van der Waals surface area contributed by atoms with E-state index in [1.165, 1.54) is 5.56 Å². The number of hydrogen-bond donors (Lipinski definition) is 1. The number of aromatic nitrogens is 1. The lowest BCUT2D eigenvalue weighted by Crippen LogP contribution is -2.43. The minimum atomic E-state index is -3.76. The van der Waals surface area contributed by atoms with Gasteiger partial charge in [0.05, 0.1) is 27.3 Å².